The highest BCUT2D eigenvalue weighted by Crippen LogP contribution is 2.24. The van der Waals surface area contributed by atoms with E-state index in [9.17, 15) is 4.39 Å². The molecule has 1 N–H and O–H groups in total. The van der Waals surface area contributed by atoms with Crippen molar-refractivity contribution >= 4 is 23.1 Å². The van der Waals surface area contributed by atoms with Gasteiger partial charge in [-0.2, -0.15) is 0 Å². The van der Waals surface area contributed by atoms with Crippen LogP contribution in [0.1, 0.15) is 30.6 Å². The molecule has 102 valence electrons. The van der Waals surface area contributed by atoms with Gasteiger partial charge in [0.2, 0.25) is 0 Å². The van der Waals surface area contributed by atoms with Crippen LogP contribution in [0.25, 0.3) is 0 Å². The van der Waals surface area contributed by atoms with Crippen molar-refractivity contribution in [1.29, 1.82) is 0 Å². The highest BCUT2D eigenvalue weighted by molar-refractivity contribution is 7.03. The first kappa shape index (κ1) is 14.4. The third-order valence-corrected chi connectivity index (χ3v) is 3.70. The minimum Gasteiger partial charge on any atom is -0.308 e. The summed E-state index contributed by atoms with van der Waals surface area (Å²) < 4.78 is 17.2. The van der Waals surface area contributed by atoms with Crippen molar-refractivity contribution in [2.24, 2.45) is 0 Å². The molecule has 1 atom stereocenters. The van der Waals surface area contributed by atoms with Gasteiger partial charge in [0.05, 0.1) is 11.7 Å². The van der Waals surface area contributed by atoms with Gasteiger partial charge >= 0.3 is 0 Å². The number of hydrogen-bond acceptors (Lipinski definition) is 4. The first-order valence-electron chi connectivity index (χ1n) is 6.15. The lowest BCUT2D eigenvalue weighted by molar-refractivity contribution is 0.515. The molecule has 0 radical (unpaired) electrons. The molecular formula is C13H15ClFN3S. The van der Waals surface area contributed by atoms with Crippen LogP contribution in [-0.4, -0.2) is 16.1 Å². The van der Waals surface area contributed by atoms with Crippen LogP contribution in [0.2, 0.25) is 5.02 Å². The molecule has 1 unspecified atom stereocenters. The van der Waals surface area contributed by atoms with Gasteiger partial charge in [-0.05, 0) is 54.7 Å². The minimum atomic E-state index is -0.273. The second-order valence-corrected chi connectivity index (χ2v) is 5.29. The fraction of sp³-hybridized carbons (Fsp3) is 0.385. The average molecular weight is 300 g/mol. The van der Waals surface area contributed by atoms with E-state index in [1.54, 1.807) is 6.07 Å². The zero-order valence-electron chi connectivity index (χ0n) is 10.6. The van der Waals surface area contributed by atoms with Crippen LogP contribution < -0.4 is 5.32 Å². The quantitative estimate of drug-likeness (QED) is 0.885. The molecule has 0 aliphatic rings. The first-order valence-corrected chi connectivity index (χ1v) is 7.36. The standard InChI is InChI=1S/C13H15ClFN3S/c1-2-5-16-12(13-8-19-18-17-13)7-9-6-10(15)3-4-11(9)14/h3-4,6,8,12,16H,2,5,7H2,1H3. The first-order chi connectivity index (χ1) is 9.20. The van der Waals surface area contributed by atoms with Crippen molar-refractivity contribution in [2.75, 3.05) is 6.54 Å². The third kappa shape index (κ3) is 3.96. The molecule has 0 fully saturated rings. The number of aromatic nitrogens is 2. The Morgan fingerprint density at radius 1 is 1.47 bits per heavy atom. The molecule has 1 aromatic carbocycles. The average Bonchev–Trinajstić information content (AvgIpc) is 2.92. The van der Waals surface area contributed by atoms with Crippen LogP contribution in [-0.2, 0) is 6.42 Å². The summed E-state index contributed by atoms with van der Waals surface area (Å²) in [5.41, 5.74) is 1.65. The number of halogens is 2. The Hall–Kier alpha value is -1.04. The zero-order valence-corrected chi connectivity index (χ0v) is 12.1. The van der Waals surface area contributed by atoms with Crippen LogP contribution in [0.4, 0.5) is 4.39 Å². The third-order valence-electron chi connectivity index (χ3n) is 2.81. The summed E-state index contributed by atoms with van der Waals surface area (Å²) in [7, 11) is 0. The van der Waals surface area contributed by atoms with Crippen LogP contribution in [0.3, 0.4) is 0 Å². The van der Waals surface area contributed by atoms with Gasteiger partial charge in [-0.1, -0.05) is 23.0 Å². The largest absolute Gasteiger partial charge is 0.308 e. The van der Waals surface area contributed by atoms with Gasteiger partial charge in [0, 0.05) is 10.4 Å². The molecule has 19 heavy (non-hydrogen) atoms. The Balaban J connectivity index is 2.17. The number of hydrogen-bond donors (Lipinski definition) is 1. The topological polar surface area (TPSA) is 37.8 Å². The Bertz CT molecular complexity index is 519. The molecule has 2 aromatic rings. The molecule has 0 saturated heterocycles. The van der Waals surface area contributed by atoms with Gasteiger partial charge in [0.15, 0.2) is 0 Å². The molecule has 0 saturated carbocycles. The summed E-state index contributed by atoms with van der Waals surface area (Å²) in [6.45, 7) is 2.97. The van der Waals surface area contributed by atoms with Crippen molar-refractivity contribution in [3.8, 4) is 0 Å². The summed E-state index contributed by atoms with van der Waals surface area (Å²) >= 11 is 7.42. The Morgan fingerprint density at radius 3 is 3.00 bits per heavy atom. The lowest BCUT2D eigenvalue weighted by atomic mass is 10.0. The van der Waals surface area contributed by atoms with E-state index in [2.05, 4.69) is 21.8 Å². The highest BCUT2D eigenvalue weighted by atomic mass is 35.5. The van der Waals surface area contributed by atoms with E-state index in [4.69, 9.17) is 11.6 Å². The molecule has 1 heterocycles. The lowest BCUT2D eigenvalue weighted by Gasteiger charge is -2.16. The molecule has 0 aliphatic carbocycles. The van der Waals surface area contributed by atoms with Gasteiger partial charge < -0.3 is 5.32 Å². The molecule has 6 heteroatoms. The maximum Gasteiger partial charge on any atom is 0.123 e. The fourth-order valence-electron chi connectivity index (χ4n) is 1.84. The van der Waals surface area contributed by atoms with Gasteiger partial charge in [-0.15, -0.1) is 5.10 Å². The van der Waals surface area contributed by atoms with Crippen molar-refractivity contribution < 1.29 is 4.39 Å². The minimum absolute atomic E-state index is 0.0120. The molecule has 0 bridgehead atoms. The Labute approximate surface area is 121 Å². The van der Waals surface area contributed by atoms with Gasteiger partial charge in [0.1, 0.15) is 5.82 Å². The van der Waals surface area contributed by atoms with Gasteiger partial charge in [-0.25, -0.2) is 4.39 Å². The molecule has 0 amide bonds. The monoisotopic (exact) mass is 299 g/mol. The van der Waals surface area contributed by atoms with Gasteiger partial charge in [-0.3, -0.25) is 0 Å². The SMILES string of the molecule is CCCNC(Cc1cc(F)ccc1Cl)c1csnn1. The van der Waals surface area contributed by atoms with Crippen molar-refractivity contribution in [3.63, 3.8) is 0 Å². The number of benzene rings is 1. The van der Waals surface area contributed by atoms with Crippen molar-refractivity contribution in [1.82, 2.24) is 14.9 Å². The second kappa shape index (κ2) is 6.93. The molecule has 2 rings (SSSR count). The van der Waals surface area contributed by atoms with Crippen LogP contribution >= 0.6 is 23.1 Å². The predicted octanol–water partition coefficient (Wildman–Crippen LogP) is 3.61. The van der Waals surface area contributed by atoms with E-state index in [-0.39, 0.29) is 11.9 Å². The fourth-order valence-corrected chi connectivity index (χ4v) is 2.55. The molecule has 0 spiro atoms. The number of nitrogens with one attached hydrogen (secondary N) is 1. The summed E-state index contributed by atoms with van der Waals surface area (Å²) in [5, 5.41) is 9.96. The molecule has 0 aliphatic heterocycles. The lowest BCUT2D eigenvalue weighted by Crippen LogP contribution is -2.24. The van der Waals surface area contributed by atoms with Crippen molar-refractivity contribution in [3.05, 3.63) is 45.7 Å². The smallest absolute Gasteiger partial charge is 0.123 e. The van der Waals surface area contributed by atoms with Gasteiger partial charge in [0.25, 0.3) is 0 Å². The summed E-state index contributed by atoms with van der Waals surface area (Å²) in [6.07, 6.45) is 1.62. The van der Waals surface area contributed by atoms with E-state index in [1.807, 2.05) is 5.38 Å². The maximum atomic E-state index is 13.3. The predicted molar refractivity (Wildman–Crippen MR) is 76.1 cm³/mol. The normalized spacial score (nSPS) is 12.6. The maximum absolute atomic E-state index is 13.3. The summed E-state index contributed by atoms with van der Waals surface area (Å²) in [6, 6.07) is 4.44. The molecule has 3 nitrogen and oxygen atoms in total. The second-order valence-electron chi connectivity index (χ2n) is 4.28. The Kier molecular flexibility index (Phi) is 5.24. The highest BCUT2D eigenvalue weighted by Gasteiger charge is 2.16. The number of nitrogens with zero attached hydrogens (tertiary/aromatic N) is 2. The van der Waals surface area contributed by atoms with E-state index < -0.39 is 0 Å². The van der Waals surface area contributed by atoms with Crippen LogP contribution in [0.15, 0.2) is 23.6 Å². The molecular weight excluding hydrogens is 285 g/mol. The zero-order chi connectivity index (χ0) is 13.7. The van der Waals surface area contributed by atoms with E-state index in [0.717, 1.165) is 24.2 Å². The van der Waals surface area contributed by atoms with Crippen LogP contribution in [0, 0.1) is 5.82 Å². The van der Waals surface area contributed by atoms with E-state index in [0.29, 0.717) is 11.4 Å². The number of rotatable bonds is 6. The van der Waals surface area contributed by atoms with Crippen molar-refractivity contribution in [2.45, 2.75) is 25.8 Å². The molecule has 1 aromatic heterocycles. The van der Waals surface area contributed by atoms with E-state index in [1.165, 1.54) is 23.7 Å². The summed E-state index contributed by atoms with van der Waals surface area (Å²) in [4.78, 5) is 0. The Morgan fingerprint density at radius 2 is 2.32 bits per heavy atom. The van der Waals surface area contributed by atoms with Crippen LogP contribution in [0.5, 0.6) is 0 Å². The van der Waals surface area contributed by atoms with E-state index >= 15 is 0 Å². The summed E-state index contributed by atoms with van der Waals surface area (Å²) in [5.74, 6) is -0.273.